The van der Waals surface area contributed by atoms with Crippen molar-refractivity contribution in [2.45, 2.75) is 18.4 Å². The quantitative estimate of drug-likeness (QED) is 0.782. The van der Waals surface area contributed by atoms with E-state index in [2.05, 4.69) is 0 Å². The Morgan fingerprint density at radius 3 is 2.67 bits per heavy atom. The maximum absolute atomic E-state index is 11.5. The minimum atomic E-state index is -0.0695. The second-order valence-corrected chi connectivity index (χ2v) is 3.98. The maximum atomic E-state index is 11.5. The Kier molecular flexibility index (Phi) is 2.73. The van der Waals surface area contributed by atoms with Crippen LogP contribution in [0.5, 0.6) is 0 Å². The molecule has 0 spiro atoms. The van der Waals surface area contributed by atoms with Crippen molar-refractivity contribution in [1.82, 2.24) is 4.90 Å². The maximum Gasteiger partial charge on any atom is 0.223 e. The SMILES string of the molecule is CN1C(=O)CC(c2ccccc2)[C@H]1CO. The van der Waals surface area contributed by atoms with E-state index < -0.39 is 0 Å². The number of benzene rings is 1. The van der Waals surface area contributed by atoms with Gasteiger partial charge in [0.15, 0.2) is 0 Å². The lowest BCUT2D eigenvalue weighted by Gasteiger charge is -2.22. The number of hydrogen-bond donors (Lipinski definition) is 1. The van der Waals surface area contributed by atoms with E-state index in [-0.39, 0.29) is 24.5 Å². The highest BCUT2D eigenvalue weighted by Gasteiger charge is 2.37. The van der Waals surface area contributed by atoms with Crippen LogP contribution in [0, 0.1) is 0 Å². The molecule has 0 aliphatic carbocycles. The fraction of sp³-hybridized carbons (Fsp3) is 0.417. The van der Waals surface area contributed by atoms with E-state index in [1.54, 1.807) is 11.9 Å². The van der Waals surface area contributed by atoms with Crippen LogP contribution in [0.2, 0.25) is 0 Å². The number of aliphatic hydroxyl groups is 1. The minimum Gasteiger partial charge on any atom is -0.394 e. The molecule has 1 aromatic carbocycles. The molecular formula is C12H15NO2. The molecule has 3 heteroatoms. The zero-order valence-corrected chi connectivity index (χ0v) is 8.76. The van der Waals surface area contributed by atoms with Crippen molar-refractivity contribution in [3.05, 3.63) is 35.9 Å². The Balaban J connectivity index is 2.27. The molecule has 0 saturated carbocycles. The highest BCUT2D eigenvalue weighted by Crippen LogP contribution is 2.32. The molecule has 2 atom stereocenters. The van der Waals surface area contributed by atoms with E-state index in [0.29, 0.717) is 6.42 Å². The van der Waals surface area contributed by atoms with Gasteiger partial charge in [0.1, 0.15) is 0 Å². The van der Waals surface area contributed by atoms with Gasteiger partial charge < -0.3 is 10.0 Å². The first-order chi connectivity index (χ1) is 7.24. The fourth-order valence-electron chi connectivity index (χ4n) is 2.21. The molecule has 1 unspecified atom stereocenters. The van der Waals surface area contributed by atoms with Gasteiger partial charge in [-0.05, 0) is 5.56 Å². The van der Waals surface area contributed by atoms with Crippen molar-refractivity contribution in [1.29, 1.82) is 0 Å². The molecule has 1 aliphatic rings. The highest BCUT2D eigenvalue weighted by molar-refractivity contribution is 5.80. The van der Waals surface area contributed by atoms with E-state index in [4.69, 9.17) is 0 Å². The molecule has 1 saturated heterocycles. The summed E-state index contributed by atoms with van der Waals surface area (Å²) in [5.74, 6) is 0.247. The summed E-state index contributed by atoms with van der Waals surface area (Å²) >= 11 is 0. The molecule has 0 radical (unpaired) electrons. The topological polar surface area (TPSA) is 40.5 Å². The fourth-order valence-corrected chi connectivity index (χ4v) is 2.21. The van der Waals surface area contributed by atoms with Crippen molar-refractivity contribution in [2.75, 3.05) is 13.7 Å². The molecule has 1 amide bonds. The van der Waals surface area contributed by atoms with Gasteiger partial charge in [-0.25, -0.2) is 0 Å². The first-order valence-corrected chi connectivity index (χ1v) is 5.15. The van der Waals surface area contributed by atoms with Crippen LogP contribution in [0.3, 0.4) is 0 Å². The summed E-state index contributed by atoms with van der Waals surface area (Å²) in [4.78, 5) is 13.2. The van der Waals surface area contributed by atoms with E-state index in [1.165, 1.54) is 0 Å². The molecular weight excluding hydrogens is 190 g/mol. The Labute approximate surface area is 89.3 Å². The van der Waals surface area contributed by atoms with Gasteiger partial charge in [0.25, 0.3) is 0 Å². The number of carbonyl (C=O) groups excluding carboxylic acids is 1. The van der Waals surface area contributed by atoms with Crippen LogP contribution in [0.4, 0.5) is 0 Å². The summed E-state index contributed by atoms with van der Waals surface area (Å²) < 4.78 is 0. The molecule has 1 fully saturated rings. The molecule has 0 aromatic heterocycles. The van der Waals surface area contributed by atoms with Crippen LogP contribution in [0.25, 0.3) is 0 Å². The van der Waals surface area contributed by atoms with E-state index in [1.807, 2.05) is 30.3 Å². The summed E-state index contributed by atoms with van der Waals surface area (Å²) in [6.07, 6.45) is 0.506. The Morgan fingerprint density at radius 2 is 2.07 bits per heavy atom. The van der Waals surface area contributed by atoms with Gasteiger partial charge in [-0.2, -0.15) is 0 Å². The lowest BCUT2D eigenvalue weighted by molar-refractivity contribution is -0.128. The standard InChI is InChI=1S/C12H15NO2/c1-13-11(8-14)10(7-12(13)15)9-5-3-2-4-6-9/h2-6,10-11,14H,7-8H2,1H3/t10?,11-/m1/s1. The first-order valence-electron chi connectivity index (χ1n) is 5.15. The van der Waals surface area contributed by atoms with Gasteiger partial charge in [-0.1, -0.05) is 30.3 Å². The molecule has 2 rings (SSSR count). The molecule has 80 valence electrons. The number of rotatable bonds is 2. The first kappa shape index (κ1) is 10.2. The lowest BCUT2D eigenvalue weighted by Crippen LogP contribution is -2.33. The molecule has 15 heavy (non-hydrogen) atoms. The minimum absolute atomic E-state index is 0.0296. The molecule has 1 aromatic rings. The third-order valence-corrected chi connectivity index (χ3v) is 3.16. The Hall–Kier alpha value is -1.35. The largest absolute Gasteiger partial charge is 0.394 e. The van der Waals surface area contributed by atoms with Gasteiger partial charge in [-0.15, -0.1) is 0 Å². The Morgan fingerprint density at radius 1 is 1.40 bits per heavy atom. The number of carbonyl (C=O) groups is 1. The number of nitrogens with zero attached hydrogens (tertiary/aromatic N) is 1. The van der Waals surface area contributed by atoms with E-state index in [0.717, 1.165) is 5.56 Å². The predicted octanol–water partition coefficient (Wildman–Crippen LogP) is 0.993. The second kappa shape index (κ2) is 4.03. The third kappa shape index (κ3) is 1.75. The summed E-state index contributed by atoms with van der Waals surface area (Å²) in [6.45, 7) is 0.0296. The van der Waals surface area contributed by atoms with Crippen LogP contribution in [0.1, 0.15) is 17.9 Å². The number of amides is 1. The van der Waals surface area contributed by atoms with Crippen molar-refractivity contribution in [2.24, 2.45) is 0 Å². The average molecular weight is 205 g/mol. The number of aliphatic hydroxyl groups excluding tert-OH is 1. The number of hydrogen-bond acceptors (Lipinski definition) is 2. The van der Waals surface area contributed by atoms with E-state index >= 15 is 0 Å². The molecule has 1 aliphatic heterocycles. The van der Waals surface area contributed by atoms with Crippen molar-refractivity contribution < 1.29 is 9.90 Å². The molecule has 1 N–H and O–H groups in total. The summed E-state index contributed by atoms with van der Waals surface area (Å²) in [5.41, 5.74) is 1.13. The van der Waals surface area contributed by atoms with Gasteiger partial charge in [-0.3, -0.25) is 4.79 Å². The average Bonchev–Trinajstić information content (AvgIpc) is 2.56. The summed E-state index contributed by atoms with van der Waals surface area (Å²) in [7, 11) is 1.76. The van der Waals surface area contributed by atoms with Gasteiger partial charge >= 0.3 is 0 Å². The smallest absolute Gasteiger partial charge is 0.223 e. The van der Waals surface area contributed by atoms with Crippen molar-refractivity contribution in [3.8, 4) is 0 Å². The zero-order chi connectivity index (χ0) is 10.8. The number of likely N-dealkylation sites (tertiary alicyclic amines) is 1. The zero-order valence-electron chi connectivity index (χ0n) is 8.76. The molecule has 0 bridgehead atoms. The molecule has 1 heterocycles. The van der Waals surface area contributed by atoms with Crippen LogP contribution >= 0.6 is 0 Å². The van der Waals surface area contributed by atoms with Crippen molar-refractivity contribution >= 4 is 5.91 Å². The van der Waals surface area contributed by atoms with Crippen LogP contribution in [-0.2, 0) is 4.79 Å². The van der Waals surface area contributed by atoms with Crippen LogP contribution in [0.15, 0.2) is 30.3 Å². The number of likely N-dealkylation sites (N-methyl/N-ethyl adjacent to an activating group) is 1. The van der Waals surface area contributed by atoms with E-state index in [9.17, 15) is 9.90 Å². The van der Waals surface area contributed by atoms with Gasteiger partial charge in [0.05, 0.1) is 12.6 Å². The van der Waals surface area contributed by atoms with Gasteiger partial charge in [0, 0.05) is 19.4 Å². The van der Waals surface area contributed by atoms with Crippen molar-refractivity contribution in [3.63, 3.8) is 0 Å². The summed E-state index contributed by atoms with van der Waals surface area (Å²) in [5, 5.41) is 9.29. The third-order valence-electron chi connectivity index (χ3n) is 3.16. The Bertz CT molecular complexity index is 350. The second-order valence-electron chi connectivity index (χ2n) is 3.98. The van der Waals surface area contributed by atoms with Gasteiger partial charge in [0.2, 0.25) is 5.91 Å². The lowest BCUT2D eigenvalue weighted by atomic mass is 9.92. The van der Waals surface area contributed by atoms with Crippen LogP contribution in [-0.4, -0.2) is 35.6 Å². The normalized spacial score (nSPS) is 26.0. The highest BCUT2D eigenvalue weighted by atomic mass is 16.3. The molecule has 3 nitrogen and oxygen atoms in total. The monoisotopic (exact) mass is 205 g/mol. The summed E-state index contributed by atoms with van der Waals surface area (Å²) in [6, 6.07) is 9.84. The predicted molar refractivity (Wildman–Crippen MR) is 57.4 cm³/mol. The van der Waals surface area contributed by atoms with Crippen LogP contribution < -0.4 is 0 Å².